The number of carbonyl (C=O) groups is 1. The van der Waals surface area contributed by atoms with Crippen molar-refractivity contribution < 1.29 is 30.4 Å². The van der Waals surface area contributed by atoms with E-state index in [4.69, 9.17) is 5.14 Å². The molecule has 0 aromatic heterocycles. The smallest absolute Gasteiger partial charge is 0.239 e. The first kappa shape index (κ1) is 19.6. The van der Waals surface area contributed by atoms with E-state index in [-0.39, 0.29) is 4.47 Å². The van der Waals surface area contributed by atoms with E-state index in [1.165, 1.54) is 12.1 Å². The van der Waals surface area contributed by atoms with Crippen molar-refractivity contribution in [1.29, 1.82) is 0 Å². The first-order chi connectivity index (χ1) is 11.4. The lowest BCUT2D eigenvalue weighted by Gasteiger charge is -2.09. The number of rotatable bonds is 5. The number of Topliss-reactive ketones (excluding diaryl/α,β-unsaturated/α-hetero) is 1. The van der Waals surface area contributed by atoms with Gasteiger partial charge in [-0.05, 0) is 24.3 Å². The fourth-order valence-corrected chi connectivity index (χ4v) is 5.13. The van der Waals surface area contributed by atoms with E-state index in [0.29, 0.717) is 0 Å². The van der Waals surface area contributed by atoms with E-state index in [0.717, 1.165) is 24.3 Å². The summed E-state index contributed by atoms with van der Waals surface area (Å²) in [6.07, 6.45) is 0. The lowest BCUT2D eigenvalue weighted by molar-refractivity contribution is 0.101. The van der Waals surface area contributed by atoms with Crippen molar-refractivity contribution >= 4 is 41.6 Å². The summed E-state index contributed by atoms with van der Waals surface area (Å²) in [5, 5.41) is 4.96. The molecular formula is C14H10BrF2NO5S2. The summed E-state index contributed by atoms with van der Waals surface area (Å²) in [5.74, 6) is -5.17. The van der Waals surface area contributed by atoms with Crippen molar-refractivity contribution in [2.75, 3.05) is 5.75 Å². The molecule has 2 N–H and O–H groups in total. The van der Waals surface area contributed by atoms with Gasteiger partial charge in [-0.1, -0.05) is 28.1 Å². The summed E-state index contributed by atoms with van der Waals surface area (Å²) in [5.41, 5.74) is -1.03. The zero-order valence-electron chi connectivity index (χ0n) is 12.2. The van der Waals surface area contributed by atoms with Crippen LogP contribution in [0.2, 0.25) is 0 Å². The van der Waals surface area contributed by atoms with Crippen LogP contribution < -0.4 is 5.14 Å². The average molecular weight is 454 g/mol. The van der Waals surface area contributed by atoms with E-state index in [9.17, 15) is 30.4 Å². The molecule has 2 rings (SSSR count). The third-order valence-electron chi connectivity index (χ3n) is 3.10. The predicted molar refractivity (Wildman–Crippen MR) is 88.3 cm³/mol. The molecule has 2 aromatic rings. The molecule has 0 radical (unpaired) electrons. The van der Waals surface area contributed by atoms with Crippen molar-refractivity contribution in [2.45, 2.75) is 9.79 Å². The van der Waals surface area contributed by atoms with Gasteiger partial charge in [-0.3, -0.25) is 4.79 Å². The molecule has 0 atom stereocenters. The molecule has 2 aromatic carbocycles. The van der Waals surface area contributed by atoms with Crippen molar-refractivity contribution in [3.05, 3.63) is 58.1 Å². The van der Waals surface area contributed by atoms with Gasteiger partial charge in [0.1, 0.15) is 22.3 Å². The van der Waals surface area contributed by atoms with E-state index in [1.54, 1.807) is 0 Å². The molecule has 0 fully saturated rings. The van der Waals surface area contributed by atoms with E-state index in [1.807, 2.05) is 0 Å². The third kappa shape index (κ3) is 4.29. The van der Waals surface area contributed by atoms with E-state index >= 15 is 0 Å². The number of benzene rings is 2. The average Bonchev–Trinajstić information content (AvgIpc) is 2.44. The number of hydrogen-bond acceptors (Lipinski definition) is 5. The standard InChI is InChI=1S/C14H10BrF2NO5S2/c15-8-5-9(16)14(10(17)6-8)11(19)7-24(20,21)12-3-1-2-4-13(12)25(18,22)23/h1-6H,7H2,(H2,18,22,23). The minimum absolute atomic E-state index is 0.0291. The van der Waals surface area contributed by atoms with Crippen LogP contribution in [-0.4, -0.2) is 28.4 Å². The summed E-state index contributed by atoms with van der Waals surface area (Å²) in [6, 6.07) is 5.98. The van der Waals surface area contributed by atoms with Crippen LogP contribution in [0.15, 0.2) is 50.7 Å². The van der Waals surface area contributed by atoms with Crippen molar-refractivity contribution in [2.24, 2.45) is 5.14 Å². The molecular weight excluding hydrogens is 444 g/mol. The van der Waals surface area contributed by atoms with Crippen LogP contribution >= 0.6 is 15.9 Å². The Morgan fingerprint density at radius 3 is 1.96 bits per heavy atom. The van der Waals surface area contributed by atoms with Gasteiger partial charge in [0.15, 0.2) is 15.6 Å². The molecule has 0 spiro atoms. The lowest BCUT2D eigenvalue weighted by atomic mass is 10.1. The molecule has 0 saturated heterocycles. The Balaban J connectivity index is 2.50. The van der Waals surface area contributed by atoms with E-state index < -0.39 is 58.4 Å². The summed E-state index contributed by atoms with van der Waals surface area (Å²) >= 11 is 2.84. The molecule has 0 saturated carbocycles. The maximum Gasteiger partial charge on any atom is 0.239 e. The molecule has 11 heteroatoms. The van der Waals surface area contributed by atoms with Gasteiger partial charge in [0, 0.05) is 4.47 Å². The maximum atomic E-state index is 13.8. The predicted octanol–water partition coefficient (Wildman–Crippen LogP) is 2.03. The van der Waals surface area contributed by atoms with Crippen LogP contribution in [0.1, 0.15) is 10.4 Å². The van der Waals surface area contributed by atoms with Crippen LogP contribution in [0.25, 0.3) is 0 Å². The number of sulfonamides is 1. The summed E-state index contributed by atoms with van der Waals surface area (Å²) < 4.78 is 75.4. The quantitative estimate of drug-likeness (QED) is 0.696. The molecule has 0 aliphatic heterocycles. The second-order valence-corrected chi connectivity index (χ2v) is 9.32. The molecule has 0 unspecified atom stereocenters. The number of hydrogen-bond donors (Lipinski definition) is 1. The van der Waals surface area contributed by atoms with Gasteiger partial charge in [0.25, 0.3) is 0 Å². The largest absolute Gasteiger partial charge is 0.293 e. The second kappa shape index (κ2) is 6.90. The van der Waals surface area contributed by atoms with Crippen LogP contribution in [0.5, 0.6) is 0 Å². The Kier molecular flexibility index (Phi) is 5.42. The number of halogens is 3. The van der Waals surface area contributed by atoms with Crippen molar-refractivity contribution in [3.63, 3.8) is 0 Å². The molecule has 6 nitrogen and oxygen atoms in total. The normalized spacial score (nSPS) is 12.2. The van der Waals surface area contributed by atoms with Gasteiger partial charge >= 0.3 is 0 Å². The fourth-order valence-electron chi connectivity index (χ4n) is 2.07. The Morgan fingerprint density at radius 2 is 1.48 bits per heavy atom. The monoisotopic (exact) mass is 453 g/mol. The second-order valence-electron chi connectivity index (χ2n) is 4.92. The molecule has 0 amide bonds. The van der Waals surface area contributed by atoms with Crippen LogP contribution in [0, 0.1) is 11.6 Å². The highest BCUT2D eigenvalue weighted by Gasteiger charge is 2.29. The van der Waals surface area contributed by atoms with Crippen LogP contribution in [0.4, 0.5) is 8.78 Å². The lowest BCUT2D eigenvalue weighted by Crippen LogP contribution is -2.22. The maximum absolute atomic E-state index is 13.8. The summed E-state index contributed by atoms with van der Waals surface area (Å²) in [4.78, 5) is 10.7. The van der Waals surface area contributed by atoms with Crippen molar-refractivity contribution in [1.82, 2.24) is 0 Å². The first-order valence-corrected chi connectivity index (χ1v) is 10.4. The minimum atomic E-state index is -4.52. The topological polar surface area (TPSA) is 111 Å². The van der Waals surface area contributed by atoms with Gasteiger partial charge in [-0.2, -0.15) is 0 Å². The third-order valence-corrected chi connectivity index (χ3v) is 6.32. The van der Waals surface area contributed by atoms with E-state index in [2.05, 4.69) is 15.9 Å². The number of sulfone groups is 1. The highest BCUT2D eigenvalue weighted by atomic mass is 79.9. The number of carbonyl (C=O) groups excluding carboxylic acids is 1. The fraction of sp³-hybridized carbons (Fsp3) is 0.0714. The number of nitrogens with two attached hydrogens (primary N) is 1. The first-order valence-electron chi connectivity index (χ1n) is 6.46. The van der Waals surface area contributed by atoms with Crippen molar-refractivity contribution in [3.8, 4) is 0 Å². The molecule has 0 aliphatic rings. The minimum Gasteiger partial charge on any atom is -0.293 e. The van der Waals surface area contributed by atoms with Gasteiger partial charge in [0.2, 0.25) is 10.0 Å². The highest BCUT2D eigenvalue weighted by molar-refractivity contribution is 9.10. The molecule has 0 bridgehead atoms. The van der Waals surface area contributed by atoms with Crippen LogP contribution in [-0.2, 0) is 19.9 Å². The number of ketones is 1. The summed E-state index contributed by atoms with van der Waals surface area (Å²) in [6.45, 7) is 0. The van der Waals surface area contributed by atoms with Crippen LogP contribution in [0.3, 0.4) is 0 Å². The Morgan fingerprint density at radius 1 is 1.00 bits per heavy atom. The Hall–Kier alpha value is -1.69. The van der Waals surface area contributed by atoms with Gasteiger partial charge in [-0.15, -0.1) is 0 Å². The Labute approximate surface area is 150 Å². The van der Waals surface area contributed by atoms with Gasteiger partial charge < -0.3 is 0 Å². The molecule has 134 valence electrons. The SMILES string of the molecule is NS(=O)(=O)c1ccccc1S(=O)(=O)CC(=O)c1c(F)cc(Br)cc1F. The highest BCUT2D eigenvalue weighted by Crippen LogP contribution is 2.24. The van der Waals surface area contributed by atoms with Gasteiger partial charge in [-0.25, -0.2) is 30.8 Å². The molecule has 0 heterocycles. The zero-order valence-corrected chi connectivity index (χ0v) is 15.5. The molecule has 25 heavy (non-hydrogen) atoms. The van der Waals surface area contributed by atoms with Gasteiger partial charge in [0.05, 0.1) is 10.5 Å². The molecule has 0 aliphatic carbocycles. The Bertz CT molecular complexity index is 1050. The summed E-state index contributed by atoms with van der Waals surface area (Å²) in [7, 11) is -8.90. The number of primary sulfonamides is 1. The zero-order chi connectivity index (χ0) is 19.0.